The molecule has 64 valence electrons. The Morgan fingerprint density at radius 2 is 1.75 bits per heavy atom. The van der Waals surface area contributed by atoms with E-state index in [0.29, 0.717) is 0 Å². The zero-order valence-corrected chi connectivity index (χ0v) is 8.17. The van der Waals surface area contributed by atoms with Gasteiger partial charge in [-0.1, -0.05) is 11.8 Å². The summed E-state index contributed by atoms with van der Waals surface area (Å²) in [4.78, 5) is 0. The highest BCUT2D eigenvalue weighted by atomic mass is 28.4. The molecule has 0 bridgehead atoms. The summed E-state index contributed by atoms with van der Waals surface area (Å²) in [5, 5.41) is 0. The molecule has 0 spiro atoms. The predicted molar refractivity (Wildman–Crippen MR) is 51.4 cm³/mol. The minimum atomic E-state index is -2.29. The Hall–Kier alpha value is -1.00. The van der Waals surface area contributed by atoms with Crippen LogP contribution in [0.4, 0.5) is 0 Å². The van der Waals surface area contributed by atoms with Crippen molar-refractivity contribution >= 4 is 8.56 Å². The van der Waals surface area contributed by atoms with Crippen molar-refractivity contribution in [1.82, 2.24) is 0 Å². The van der Waals surface area contributed by atoms with Crippen LogP contribution in [0.5, 0.6) is 0 Å². The van der Waals surface area contributed by atoms with Crippen LogP contribution < -0.4 is 0 Å². The Balaban J connectivity index is 3.99. The van der Waals surface area contributed by atoms with Crippen LogP contribution in [0.2, 0.25) is 6.55 Å². The molecule has 0 amide bonds. The quantitative estimate of drug-likeness (QED) is 0.465. The van der Waals surface area contributed by atoms with Gasteiger partial charge in [-0.2, -0.15) is 0 Å². The lowest BCUT2D eigenvalue weighted by Gasteiger charge is -2.20. The van der Waals surface area contributed by atoms with Crippen molar-refractivity contribution in [2.45, 2.75) is 6.55 Å². The van der Waals surface area contributed by atoms with Gasteiger partial charge in [-0.25, -0.2) is 0 Å². The normalized spacial score (nSPS) is 9.92. The maximum atomic E-state index is 5.30. The van der Waals surface area contributed by atoms with E-state index in [0.717, 1.165) is 0 Å². The van der Waals surface area contributed by atoms with Gasteiger partial charge < -0.3 is 8.85 Å². The summed E-state index contributed by atoms with van der Waals surface area (Å²) in [5.74, 6) is 4.73. The first-order valence-electron chi connectivity index (χ1n) is 3.47. The molecule has 0 saturated heterocycles. The minimum absolute atomic E-state index is 0.235. The van der Waals surface area contributed by atoms with Gasteiger partial charge in [-0.15, -0.1) is 19.4 Å². The van der Waals surface area contributed by atoms with Crippen molar-refractivity contribution < 1.29 is 8.85 Å². The first kappa shape index (κ1) is 11.0. The van der Waals surface area contributed by atoms with Gasteiger partial charge in [0.05, 0.1) is 13.2 Å². The number of hydrogen-bond acceptors (Lipinski definition) is 2. The molecular formula is C9H12O2Si. The first-order chi connectivity index (χ1) is 5.68. The summed E-state index contributed by atoms with van der Waals surface area (Å²) in [6, 6.07) is 0. The Bertz CT molecular complexity index is 204. The van der Waals surface area contributed by atoms with Crippen LogP contribution in [0.25, 0.3) is 0 Å². The van der Waals surface area contributed by atoms with Gasteiger partial charge in [0.15, 0.2) is 0 Å². The maximum Gasteiger partial charge on any atom is 0.362 e. The zero-order valence-electron chi connectivity index (χ0n) is 7.17. The standard InChI is InChI=1S/C9H12O2Si/c1-5-8-10-12(4,7-3)11-9-6-2/h1-2,7H,3,8-9H2,4H3. The summed E-state index contributed by atoms with van der Waals surface area (Å²) in [5.41, 5.74) is 1.65. The average molecular weight is 180 g/mol. The highest BCUT2D eigenvalue weighted by molar-refractivity contribution is 6.71. The molecule has 0 aliphatic heterocycles. The lowest BCUT2D eigenvalue weighted by atomic mass is 10.8. The summed E-state index contributed by atoms with van der Waals surface area (Å²) >= 11 is 0. The maximum absolute atomic E-state index is 5.30. The molecule has 0 N–H and O–H groups in total. The van der Waals surface area contributed by atoms with Crippen molar-refractivity contribution in [3.8, 4) is 24.7 Å². The number of rotatable bonds is 5. The molecule has 0 saturated carbocycles. The molecule has 0 rings (SSSR count). The third-order valence-electron chi connectivity index (χ3n) is 1.25. The largest absolute Gasteiger partial charge is 0.380 e. The van der Waals surface area contributed by atoms with E-state index in [1.807, 2.05) is 6.55 Å². The summed E-state index contributed by atoms with van der Waals surface area (Å²) in [6.45, 7) is 5.93. The van der Waals surface area contributed by atoms with Crippen LogP contribution in [0.3, 0.4) is 0 Å². The Morgan fingerprint density at radius 1 is 1.33 bits per heavy atom. The third kappa shape index (κ3) is 4.00. The lowest BCUT2D eigenvalue weighted by molar-refractivity contribution is 0.225. The molecule has 2 nitrogen and oxygen atoms in total. The molecule has 0 fully saturated rings. The van der Waals surface area contributed by atoms with Gasteiger partial charge in [0, 0.05) is 0 Å². The van der Waals surface area contributed by atoms with Crippen molar-refractivity contribution in [3.63, 3.8) is 0 Å². The molecule has 3 heteroatoms. The molecule has 0 aromatic rings. The highest BCUT2D eigenvalue weighted by Crippen LogP contribution is 2.06. The van der Waals surface area contributed by atoms with E-state index in [1.54, 1.807) is 5.70 Å². The number of hydrogen-bond donors (Lipinski definition) is 0. The van der Waals surface area contributed by atoms with Crippen molar-refractivity contribution in [2.75, 3.05) is 13.2 Å². The Kier molecular flexibility index (Phi) is 5.15. The van der Waals surface area contributed by atoms with E-state index < -0.39 is 8.56 Å². The van der Waals surface area contributed by atoms with Gasteiger partial charge in [-0.3, -0.25) is 0 Å². The monoisotopic (exact) mass is 180 g/mol. The second kappa shape index (κ2) is 5.62. The lowest BCUT2D eigenvalue weighted by Crippen LogP contribution is -2.36. The van der Waals surface area contributed by atoms with E-state index in [1.165, 1.54) is 0 Å². The molecule has 0 radical (unpaired) electrons. The molecule has 0 aromatic heterocycles. The van der Waals surface area contributed by atoms with E-state index in [-0.39, 0.29) is 13.2 Å². The van der Waals surface area contributed by atoms with Crippen molar-refractivity contribution in [3.05, 3.63) is 12.3 Å². The van der Waals surface area contributed by atoms with Crippen LogP contribution in [0, 0.1) is 24.7 Å². The second-order valence-electron chi connectivity index (χ2n) is 2.21. The highest BCUT2D eigenvalue weighted by Gasteiger charge is 2.26. The summed E-state index contributed by atoms with van der Waals surface area (Å²) in [6.07, 6.45) is 10.1. The molecule has 0 unspecified atom stereocenters. The fourth-order valence-electron chi connectivity index (χ4n) is 0.529. The topological polar surface area (TPSA) is 18.5 Å². The molecule has 12 heavy (non-hydrogen) atoms. The van der Waals surface area contributed by atoms with Crippen LogP contribution >= 0.6 is 0 Å². The van der Waals surface area contributed by atoms with Gasteiger partial charge in [0.1, 0.15) is 0 Å². The second-order valence-corrected chi connectivity index (χ2v) is 5.22. The van der Waals surface area contributed by atoms with E-state index in [2.05, 4.69) is 18.4 Å². The van der Waals surface area contributed by atoms with Crippen molar-refractivity contribution in [1.29, 1.82) is 0 Å². The van der Waals surface area contributed by atoms with Gasteiger partial charge >= 0.3 is 8.56 Å². The van der Waals surface area contributed by atoms with Crippen LogP contribution in [-0.2, 0) is 8.85 Å². The van der Waals surface area contributed by atoms with Gasteiger partial charge in [0.25, 0.3) is 0 Å². The van der Waals surface area contributed by atoms with E-state index in [9.17, 15) is 0 Å². The average Bonchev–Trinajstić information content (AvgIpc) is 2.11. The van der Waals surface area contributed by atoms with Crippen LogP contribution in [-0.4, -0.2) is 21.8 Å². The third-order valence-corrected chi connectivity index (χ3v) is 3.43. The van der Waals surface area contributed by atoms with Gasteiger partial charge in [0.2, 0.25) is 0 Å². The summed E-state index contributed by atoms with van der Waals surface area (Å²) < 4.78 is 10.6. The fourth-order valence-corrected chi connectivity index (χ4v) is 1.59. The van der Waals surface area contributed by atoms with E-state index >= 15 is 0 Å². The SMILES string of the molecule is C#CCO[Si](C)(C=C)OCC#C. The molecular weight excluding hydrogens is 168 g/mol. The predicted octanol–water partition coefficient (Wildman–Crippen LogP) is 1.08. The van der Waals surface area contributed by atoms with Crippen LogP contribution in [0.15, 0.2) is 12.3 Å². The summed E-state index contributed by atoms with van der Waals surface area (Å²) in [7, 11) is -2.29. The zero-order chi connectivity index (χ0) is 9.45. The first-order valence-corrected chi connectivity index (χ1v) is 5.86. The molecule has 0 aliphatic carbocycles. The molecule has 0 aliphatic rings. The Labute approximate surface area is 74.8 Å². The van der Waals surface area contributed by atoms with E-state index in [4.69, 9.17) is 21.7 Å². The molecule has 0 aromatic carbocycles. The minimum Gasteiger partial charge on any atom is -0.380 e. The fraction of sp³-hybridized carbons (Fsp3) is 0.333. The smallest absolute Gasteiger partial charge is 0.362 e. The molecule has 0 heterocycles. The van der Waals surface area contributed by atoms with Gasteiger partial charge in [-0.05, 0) is 12.2 Å². The Morgan fingerprint density at radius 3 is 2.00 bits per heavy atom. The van der Waals surface area contributed by atoms with Crippen LogP contribution in [0.1, 0.15) is 0 Å². The molecule has 0 atom stereocenters. The number of terminal acetylenes is 2. The van der Waals surface area contributed by atoms with Crippen molar-refractivity contribution in [2.24, 2.45) is 0 Å².